The fraction of sp³-hybridized carbons (Fsp3) is 0.588. The predicted octanol–water partition coefficient (Wildman–Crippen LogP) is 2.00. The van der Waals surface area contributed by atoms with E-state index in [4.69, 9.17) is 9.47 Å². The maximum Gasteiger partial charge on any atom is 0.222 e. The molecule has 0 aliphatic rings. The molecule has 5 heteroatoms. The van der Waals surface area contributed by atoms with E-state index in [0.29, 0.717) is 12.6 Å². The van der Waals surface area contributed by atoms with Gasteiger partial charge in [0.25, 0.3) is 0 Å². The SMILES string of the molecule is COc1ccc(CC(C)NCCNC(=O)C(C)C)cc1OC. The van der Waals surface area contributed by atoms with Crippen LogP contribution in [0.4, 0.5) is 0 Å². The van der Waals surface area contributed by atoms with Crippen LogP contribution in [0, 0.1) is 5.92 Å². The lowest BCUT2D eigenvalue weighted by molar-refractivity contribution is -0.123. The first-order valence-corrected chi connectivity index (χ1v) is 7.70. The van der Waals surface area contributed by atoms with E-state index >= 15 is 0 Å². The summed E-state index contributed by atoms with van der Waals surface area (Å²) < 4.78 is 10.5. The summed E-state index contributed by atoms with van der Waals surface area (Å²) >= 11 is 0. The average molecular weight is 308 g/mol. The third-order valence-electron chi connectivity index (χ3n) is 3.43. The van der Waals surface area contributed by atoms with Crippen molar-refractivity contribution in [3.8, 4) is 11.5 Å². The molecule has 0 bridgehead atoms. The minimum atomic E-state index is 0.0317. The van der Waals surface area contributed by atoms with Crippen LogP contribution < -0.4 is 20.1 Å². The minimum Gasteiger partial charge on any atom is -0.493 e. The highest BCUT2D eigenvalue weighted by Gasteiger charge is 2.09. The zero-order chi connectivity index (χ0) is 16.5. The Labute approximate surface area is 133 Å². The van der Waals surface area contributed by atoms with Gasteiger partial charge < -0.3 is 20.1 Å². The topological polar surface area (TPSA) is 59.6 Å². The van der Waals surface area contributed by atoms with Gasteiger partial charge in [0.15, 0.2) is 11.5 Å². The number of hydrogen-bond donors (Lipinski definition) is 2. The van der Waals surface area contributed by atoms with Crippen LogP contribution in [0.5, 0.6) is 11.5 Å². The van der Waals surface area contributed by atoms with Crippen molar-refractivity contribution in [3.05, 3.63) is 23.8 Å². The molecule has 0 aliphatic heterocycles. The van der Waals surface area contributed by atoms with Gasteiger partial charge in [-0.05, 0) is 31.0 Å². The first-order chi connectivity index (χ1) is 10.5. The standard InChI is InChI=1S/C17H28N2O3/c1-12(2)17(20)19-9-8-18-13(3)10-14-6-7-15(21-4)16(11-14)22-5/h6-7,11-13,18H,8-10H2,1-5H3,(H,19,20). The van der Waals surface area contributed by atoms with Crippen molar-refractivity contribution in [2.75, 3.05) is 27.3 Å². The number of hydrogen-bond acceptors (Lipinski definition) is 4. The van der Waals surface area contributed by atoms with Gasteiger partial charge in [-0.25, -0.2) is 0 Å². The highest BCUT2D eigenvalue weighted by atomic mass is 16.5. The first kappa shape index (κ1) is 18.3. The Hall–Kier alpha value is -1.75. The number of carbonyl (C=O) groups excluding carboxylic acids is 1. The second kappa shape index (κ2) is 9.30. The number of nitrogens with one attached hydrogen (secondary N) is 2. The molecular weight excluding hydrogens is 280 g/mol. The largest absolute Gasteiger partial charge is 0.493 e. The fourth-order valence-corrected chi connectivity index (χ4v) is 2.14. The summed E-state index contributed by atoms with van der Waals surface area (Å²) in [6.07, 6.45) is 0.887. The number of benzene rings is 1. The number of amides is 1. The Morgan fingerprint density at radius 2 is 1.77 bits per heavy atom. The van der Waals surface area contributed by atoms with Crippen LogP contribution in [0.1, 0.15) is 26.3 Å². The molecule has 22 heavy (non-hydrogen) atoms. The molecule has 0 spiro atoms. The van der Waals surface area contributed by atoms with Gasteiger partial charge in [0.2, 0.25) is 5.91 Å². The van der Waals surface area contributed by atoms with Crippen molar-refractivity contribution in [3.63, 3.8) is 0 Å². The fourth-order valence-electron chi connectivity index (χ4n) is 2.14. The van der Waals surface area contributed by atoms with E-state index in [-0.39, 0.29) is 11.8 Å². The van der Waals surface area contributed by atoms with Gasteiger partial charge in [-0.1, -0.05) is 19.9 Å². The van der Waals surface area contributed by atoms with Gasteiger partial charge in [0.1, 0.15) is 0 Å². The van der Waals surface area contributed by atoms with Crippen molar-refractivity contribution < 1.29 is 14.3 Å². The molecule has 0 heterocycles. The van der Waals surface area contributed by atoms with Crippen LogP contribution in [-0.4, -0.2) is 39.3 Å². The molecule has 1 rings (SSSR count). The van der Waals surface area contributed by atoms with E-state index in [1.54, 1.807) is 14.2 Å². The van der Waals surface area contributed by atoms with Crippen molar-refractivity contribution in [1.82, 2.24) is 10.6 Å². The minimum absolute atomic E-state index is 0.0317. The monoisotopic (exact) mass is 308 g/mol. The normalized spacial score (nSPS) is 12.1. The van der Waals surface area contributed by atoms with Crippen LogP contribution in [-0.2, 0) is 11.2 Å². The number of ether oxygens (including phenoxy) is 2. The molecule has 1 amide bonds. The lowest BCUT2D eigenvalue weighted by atomic mass is 10.1. The first-order valence-electron chi connectivity index (χ1n) is 7.70. The maximum absolute atomic E-state index is 11.4. The van der Waals surface area contributed by atoms with Gasteiger partial charge >= 0.3 is 0 Å². The Kier molecular flexibility index (Phi) is 7.74. The molecular formula is C17H28N2O3. The van der Waals surface area contributed by atoms with Crippen LogP contribution in [0.3, 0.4) is 0 Å². The van der Waals surface area contributed by atoms with Gasteiger partial charge in [0, 0.05) is 25.0 Å². The third kappa shape index (κ3) is 5.93. The Bertz CT molecular complexity index is 475. The highest BCUT2D eigenvalue weighted by Crippen LogP contribution is 2.27. The van der Waals surface area contributed by atoms with Crippen LogP contribution in [0.25, 0.3) is 0 Å². The number of carbonyl (C=O) groups is 1. The summed E-state index contributed by atoms with van der Waals surface area (Å²) in [5.41, 5.74) is 1.18. The summed E-state index contributed by atoms with van der Waals surface area (Å²) in [5, 5.41) is 6.30. The van der Waals surface area contributed by atoms with Crippen molar-refractivity contribution >= 4 is 5.91 Å². The summed E-state index contributed by atoms with van der Waals surface area (Å²) in [6, 6.07) is 6.27. The highest BCUT2D eigenvalue weighted by molar-refractivity contribution is 5.77. The molecule has 5 nitrogen and oxygen atoms in total. The zero-order valence-electron chi connectivity index (χ0n) is 14.2. The summed E-state index contributed by atoms with van der Waals surface area (Å²) in [4.78, 5) is 11.4. The van der Waals surface area contributed by atoms with Gasteiger partial charge in [-0.2, -0.15) is 0 Å². The van der Waals surface area contributed by atoms with Gasteiger partial charge in [-0.15, -0.1) is 0 Å². The summed E-state index contributed by atoms with van der Waals surface area (Å²) in [6.45, 7) is 7.31. The molecule has 0 aliphatic carbocycles. The molecule has 0 saturated carbocycles. The summed E-state index contributed by atoms with van der Waals surface area (Å²) in [5.74, 6) is 1.61. The Balaban J connectivity index is 2.39. The van der Waals surface area contributed by atoms with Gasteiger partial charge in [-0.3, -0.25) is 4.79 Å². The molecule has 1 unspecified atom stereocenters. The van der Waals surface area contributed by atoms with E-state index in [1.807, 2.05) is 32.0 Å². The van der Waals surface area contributed by atoms with Crippen LogP contribution in [0.15, 0.2) is 18.2 Å². The van der Waals surface area contributed by atoms with E-state index in [2.05, 4.69) is 17.6 Å². The smallest absolute Gasteiger partial charge is 0.222 e. The maximum atomic E-state index is 11.4. The average Bonchev–Trinajstić information content (AvgIpc) is 2.50. The van der Waals surface area contributed by atoms with Crippen molar-refractivity contribution in [2.24, 2.45) is 5.92 Å². The van der Waals surface area contributed by atoms with E-state index in [9.17, 15) is 4.79 Å². The molecule has 124 valence electrons. The molecule has 0 aromatic heterocycles. The number of rotatable bonds is 9. The third-order valence-corrected chi connectivity index (χ3v) is 3.43. The number of methoxy groups -OCH3 is 2. The second-order valence-corrected chi connectivity index (χ2v) is 5.69. The van der Waals surface area contributed by atoms with E-state index in [1.165, 1.54) is 5.56 Å². The molecule has 1 aromatic rings. The van der Waals surface area contributed by atoms with Crippen LogP contribution in [0.2, 0.25) is 0 Å². The molecule has 2 N–H and O–H groups in total. The molecule has 1 aromatic carbocycles. The molecule has 0 saturated heterocycles. The van der Waals surface area contributed by atoms with E-state index < -0.39 is 0 Å². The summed E-state index contributed by atoms with van der Waals surface area (Å²) in [7, 11) is 3.27. The lowest BCUT2D eigenvalue weighted by Crippen LogP contribution is -2.38. The molecule has 0 radical (unpaired) electrons. The van der Waals surface area contributed by atoms with Gasteiger partial charge in [0.05, 0.1) is 14.2 Å². The van der Waals surface area contributed by atoms with Crippen LogP contribution >= 0.6 is 0 Å². The van der Waals surface area contributed by atoms with E-state index in [0.717, 1.165) is 24.5 Å². The Morgan fingerprint density at radius 3 is 2.36 bits per heavy atom. The predicted molar refractivity (Wildman–Crippen MR) is 88.6 cm³/mol. The zero-order valence-corrected chi connectivity index (χ0v) is 14.2. The molecule has 0 fully saturated rings. The second-order valence-electron chi connectivity index (χ2n) is 5.69. The van der Waals surface area contributed by atoms with Crippen molar-refractivity contribution in [2.45, 2.75) is 33.2 Å². The quantitative estimate of drug-likeness (QED) is 0.685. The molecule has 1 atom stereocenters. The lowest BCUT2D eigenvalue weighted by Gasteiger charge is -2.16. The Morgan fingerprint density at radius 1 is 1.09 bits per heavy atom. The van der Waals surface area contributed by atoms with Crippen molar-refractivity contribution in [1.29, 1.82) is 0 Å².